The molecule has 1 saturated carbocycles. The molecular weight excluding hydrogens is 427 g/mol. The molecule has 5 rings (SSSR count). The van der Waals surface area contributed by atoms with E-state index >= 15 is 0 Å². The number of fused-ring (bicyclic) bond motifs is 1. The summed E-state index contributed by atoms with van der Waals surface area (Å²) in [6.45, 7) is 0.928. The second kappa shape index (κ2) is 9.24. The number of aromatic nitrogens is 1. The minimum absolute atomic E-state index is 0.181. The summed E-state index contributed by atoms with van der Waals surface area (Å²) in [5.74, 6) is 1.08. The number of allylic oxidation sites excluding steroid dienone is 2. The van der Waals surface area contributed by atoms with Gasteiger partial charge in [0.25, 0.3) is 0 Å². The number of hydrogen-bond acceptors (Lipinski definition) is 6. The summed E-state index contributed by atoms with van der Waals surface area (Å²) in [4.78, 5) is 6.62. The van der Waals surface area contributed by atoms with Crippen molar-refractivity contribution in [1.82, 2.24) is 25.5 Å². The highest BCUT2D eigenvalue weighted by atomic mass is 35.5. The number of pyridine rings is 1. The third kappa shape index (κ3) is 4.04. The molecule has 4 aliphatic rings. The molecule has 2 aliphatic carbocycles. The highest BCUT2D eigenvalue weighted by Crippen LogP contribution is 2.40. The summed E-state index contributed by atoms with van der Waals surface area (Å²) in [6, 6.07) is 3.71. The number of nitrogens with zero attached hydrogens (tertiary/aromatic N) is 4. The highest BCUT2D eigenvalue weighted by molar-refractivity contribution is 6.29. The largest absolute Gasteiger partial charge is 0.358 e. The van der Waals surface area contributed by atoms with Gasteiger partial charge in [0, 0.05) is 29.0 Å². The van der Waals surface area contributed by atoms with E-state index in [1.165, 1.54) is 11.6 Å². The van der Waals surface area contributed by atoms with E-state index in [9.17, 15) is 4.39 Å². The van der Waals surface area contributed by atoms with E-state index in [4.69, 9.17) is 16.7 Å². The summed E-state index contributed by atoms with van der Waals surface area (Å²) < 4.78 is 14.2. The molecule has 1 unspecified atom stereocenters. The van der Waals surface area contributed by atoms with Crippen molar-refractivity contribution in [1.29, 1.82) is 0 Å². The standard InChI is InChI=1S/C24H30ClFN6/c1-27-12-10-22-19-9-6-17(25)13-21(19)29-14-23-31(22)15-30-32(23)18-7-4-16(5-8-18)24-20(26)3-2-11-28-24/h2-3,11,13-16,18,22,27,29H,4-10,12H2,1H3. The van der Waals surface area contributed by atoms with Gasteiger partial charge in [0.1, 0.15) is 18.0 Å². The molecule has 170 valence electrons. The SMILES string of the molecule is CNCCC1C2=C(C=C(Cl)CC2)NC=C2N1C=NN2C1CCC(c2ncccc2F)CC1. The van der Waals surface area contributed by atoms with Crippen LogP contribution >= 0.6 is 11.6 Å². The van der Waals surface area contributed by atoms with E-state index in [0.717, 1.165) is 68.0 Å². The lowest BCUT2D eigenvalue weighted by Gasteiger charge is -2.36. The van der Waals surface area contributed by atoms with Crippen LogP contribution in [0.25, 0.3) is 0 Å². The summed E-state index contributed by atoms with van der Waals surface area (Å²) in [6.07, 6.45) is 14.4. The van der Waals surface area contributed by atoms with Gasteiger partial charge in [0.15, 0.2) is 0 Å². The molecule has 0 spiro atoms. The van der Waals surface area contributed by atoms with E-state index in [0.29, 0.717) is 11.7 Å². The predicted octanol–water partition coefficient (Wildman–Crippen LogP) is 4.36. The fourth-order valence-electron chi connectivity index (χ4n) is 5.40. The Labute approximate surface area is 193 Å². The van der Waals surface area contributed by atoms with Crippen LogP contribution in [0.2, 0.25) is 0 Å². The molecule has 0 aromatic carbocycles. The Morgan fingerprint density at radius 3 is 2.88 bits per heavy atom. The van der Waals surface area contributed by atoms with Crippen LogP contribution in [0, 0.1) is 5.82 Å². The van der Waals surface area contributed by atoms with Gasteiger partial charge < -0.3 is 15.5 Å². The number of halogens is 2. The minimum atomic E-state index is -0.187. The Bertz CT molecular complexity index is 978. The Hall–Kier alpha value is -2.38. The molecule has 2 aliphatic heterocycles. The Morgan fingerprint density at radius 2 is 2.09 bits per heavy atom. The predicted molar refractivity (Wildman–Crippen MR) is 125 cm³/mol. The van der Waals surface area contributed by atoms with Crippen LogP contribution in [0.1, 0.15) is 56.6 Å². The molecule has 1 fully saturated rings. The van der Waals surface area contributed by atoms with Crippen LogP contribution < -0.4 is 10.6 Å². The zero-order valence-corrected chi connectivity index (χ0v) is 19.2. The molecule has 1 atom stereocenters. The molecule has 0 saturated heterocycles. The van der Waals surface area contributed by atoms with Crippen LogP contribution in [0.3, 0.4) is 0 Å². The summed E-state index contributed by atoms with van der Waals surface area (Å²) in [5, 5.41) is 14.7. The lowest BCUT2D eigenvalue weighted by molar-refractivity contribution is 0.173. The second-order valence-electron chi connectivity index (χ2n) is 8.94. The first kappa shape index (κ1) is 21.5. The zero-order chi connectivity index (χ0) is 22.1. The fraction of sp³-hybridized carbons (Fsp3) is 0.500. The molecule has 32 heavy (non-hydrogen) atoms. The van der Waals surface area contributed by atoms with E-state index in [1.807, 2.05) is 13.4 Å². The summed E-state index contributed by atoms with van der Waals surface area (Å²) in [5.41, 5.74) is 3.12. The van der Waals surface area contributed by atoms with Gasteiger partial charge in [-0.15, -0.1) is 0 Å². The second-order valence-corrected chi connectivity index (χ2v) is 9.43. The van der Waals surface area contributed by atoms with Crippen LogP contribution in [-0.4, -0.2) is 46.9 Å². The Kier molecular flexibility index (Phi) is 6.20. The maximum absolute atomic E-state index is 14.2. The lowest BCUT2D eigenvalue weighted by atomic mass is 9.83. The van der Waals surface area contributed by atoms with Gasteiger partial charge >= 0.3 is 0 Å². The monoisotopic (exact) mass is 456 g/mol. The first-order chi connectivity index (χ1) is 15.7. The molecule has 1 aromatic rings. The van der Waals surface area contributed by atoms with E-state index in [-0.39, 0.29) is 17.8 Å². The molecular formula is C24H30ClFN6. The maximum atomic E-state index is 14.2. The number of hydrogen-bond donors (Lipinski definition) is 2. The van der Waals surface area contributed by atoms with Crippen molar-refractivity contribution in [2.24, 2.45) is 5.10 Å². The molecule has 0 bridgehead atoms. The van der Waals surface area contributed by atoms with Crippen molar-refractivity contribution in [2.75, 3.05) is 13.6 Å². The van der Waals surface area contributed by atoms with Crippen molar-refractivity contribution in [3.8, 4) is 0 Å². The molecule has 3 heterocycles. The number of nitrogens with one attached hydrogen (secondary N) is 2. The topological polar surface area (TPSA) is 55.8 Å². The molecule has 0 amide bonds. The summed E-state index contributed by atoms with van der Waals surface area (Å²) in [7, 11) is 1.99. The number of rotatable bonds is 5. The van der Waals surface area contributed by atoms with Gasteiger partial charge in [-0.25, -0.2) is 9.40 Å². The Morgan fingerprint density at radius 1 is 1.25 bits per heavy atom. The van der Waals surface area contributed by atoms with Crippen molar-refractivity contribution >= 4 is 17.9 Å². The van der Waals surface area contributed by atoms with E-state index < -0.39 is 0 Å². The van der Waals surface area contributed by atoms with Gasteiger partial charge in [0.05, 0.1) is 17.8 Å². The van der Waals surface area contributed by atoms with Crippen LogP contribution in [-0.2, 0) is 0 Å². The van der Waals surface area contributed by atoms with E-state index in [2.05, 4.69) is 37.8 Å². The third-order valence-corrected chi connectivity index (χ3v) is 7.36. The van der Waals surface area contributed by atoms with Crippen molar-refractivity contribution in [3.05, 3.63) is 64.2 Å². The van der Waals surface area contributed by atoms with E-state index in [1.54, 1.807) is 12.3 Å². The van der Waals surface area contributed by atoms with Crippen molar-refractivity contribution in [2.45, 2.75) is 62.9 Å². The third-order valence-electron chi connectivity index (χ3n) is 7.06. The Balaban J connectivity index is 1.33. The van der Waals surface area contributed by atoms with Gasteiger partial charge in [-0.3, -0.25) is 4.98 Å². The first-order valence-corrected chi connectivity index (χ1v) is 12.0. The highest BCUT2D eigenvalue weighted by Gasteiger charge is 2.38. The lowest BCUT2D eigenvalue weighted by Crippen LogP contribution is -2.40. The number of hydrazone groups is 1. The smallest absolute Gasteiger partial charge is 0.147 e. The molecule has 8 heteroatoms. The van der Waals surface area contributed by atoms with Gasteiger partial charge in [-0.2, -0.15) is 5.10 Å². The molecule has 1 aromatic heterocycles. The average Bonchev–Trinajstić information content (AvgIpc) is 3.16. The van der Waals surface area contributed by atoms with Crippen LogP contribution in [0.5, 0.6) is 0 Å². The van der Waals surface area contributed by atoms with Crippen molar-refractivity contribution < 1.29 is 4.39 Å². The van der Waals surface area contributed by atoms with Crippen LogP contribution in [0.4, 0.5) is 4.39 Å². The zero-order valence-electron chi connectivity index (χ0n) is 18.4. The minimum Gasteiger partial charge on any atom is -0.358 e. The van der Waals surface area contributed by atoms with Crippen LogP contribution in [0.15, 0.2) is 57.8 Å². The fourth-order valence-corrected chi connectivity index (χ4v) is 5.60. The van der Waals surface area contributed by atoms with Gasteiger partial charge in [0.2, 0.25) is 0 Å². The molecule has 6 nitrogen and oxygen atoms in total. The molecule has 0 radical (unpaired) electrons. The molecule has 2 N–H and O–H groups in total. The quantitative estimate of drug-likeness (QED) is 0.689. The average molecular weight is 457 g/mol. The normalized spacial score (nSPS) is 27.4. The van der Waals surface area contributed by atoms with Gasteiger partial charge in [-0.1, -0.05) is 11.6 Å². The maximum Gasteiger partial charge on any atom is 0.147 e. The first-order valence-electron chi connectivity index (χ1n) is 11.6. The van der Waals surface area contributed by atoms with Crippen molar-refractivity contribution in [3.63, 3.8) is 0 Å². The summed E-state index contributed by atoms with van der Waals surface area (Å²) >= 11 is 6.36. The van der Waals surface area contributed by atoms with Gasteiger partial charge in [-0.05, 0) is 82.3 Å².